The van der Waals surface area contributed by atoms with Gasteiger partial charge in [0, 0.05) is 0 Å². The third kappa shape index (κ3) is 9.32. The third-order valence-corrected chi connectivity index (χ3v) is 7.06. The Hall–Kier alpha value is -2.02. The van der Waals surface area contributed by atoms with Crippen molar-refractivity contribution in [2.75, 3.05) is 0 Å². The van der Waals surface area contributed by atoms with Crippen LogP contribution in [-0.4, -0.2) is 16.8 Å². The molecule has 2 nitrogen and oxygen atoms in total. The van der Waals surface area contributed by atoms with Crippen LogP contribution in [0, 0.1) is 17.6 Å². The van der Waals surface area contributed by atoms with E-state index < -0.39 is 23.4 Å². The zero-order valence-corrected chi connectivity index (χ0v) is 20.4. The van der Waals surface area contributed by atoms with Gasteiger partial charge in [0.1, 0.15) is 0 Å². The van der Waals surface area contributed by atoms with E-state index in [0.29, 0.717) is 17.0 Å². The van der Waals surface area contributed by atoms with E-state index in [1.54, 1.807) is 30.3 Å². The van der Waals surface area contributed by atoms with Crippen molar-refractivity contribution in [2.45, 2.75) is 87.7 Å². The number of unbranched alkanes of at least 4 members (excludes halogenated alkanes) is 4. The van der Waals surface area contributed by atoms with Gasteiger partial charge in [-0.25, -0.2) is 13.6 Å². The molecule has 0 radical (unpaired) electrons. The lowest BCUT2D eigenvalue weighted by atomic mass is 9.77. The molecule has 1 aliphatic rings. The summed E-state index contributed by atoms with van der Waals surface area (Å²) in [7, 11) is 0. The predicted octanol–water partition coefficient (Wildman–Crippen LogP) is 9.30. The van der Waals surface area contributed by atoms with Crippen molar-refractivity contribution in [3.8, 4) is 0 Å². The van der Waals surface area contributed by atoms with E-state index in [2.05, 4.69) is 6.92 Å². The van der Waals surface area contributed by atoms with Gasteiger partial charge in [0.15, 0.2) is 11.6 Å². The molecule has 0 aliphatic heterocycles. The highest BCUT2D eigenvalue weighted by Gasteiger charge is 2.26. The monoisotopic (exact) mass is 498 g/mol. The summed E-state index contributed by atoms with van der Waals surface area (Å²) in [5.41, 5.74) is 0.690. The lowest BCUT2D eigenvalue weighted by Crippen LogP contribution is -2.15. The molecule has 0 saturated heterocycles. The first kappa shape index (κ1) is 28.2. The topological polar surface area (TPSA) is 37.3 Å². The molecule has 1 fully saturated rings. The fourth-order valence-corrected chi connectivity index (χ4v) is 4.96. The van der Waals surface area contributed by atoms with Crippen LogP contribution in [0.1, 0.15) is 93.0 Å². The number of thioether (sulfide) groups is 1. The Balaban J connectivity index is 0.000000379. The fraction of sp³-hybridized carbons (Fsp3) is 0.519. The molecule has 0 unspecified atom stereocenters. The number of hydrogen-bond acceptors (Lipinski definition) is 2. The first-order valence-electron chi connectivity index (χ1n) is 12.0. The summed E-state index contributed by atoms with van der Waals surface area (Å²) in [5.74, 6) is -4.98. The van der Waals surface area contributed by atoms with Gasteiger partial charge in [-0.2, -0.15) is 8.78 Å². The maximum atomic E-state index is 14.3. The van der Waals surface area contributed by atoms with E-state index in [1.165, 1.54) is 50.7 Å². The van der Waals surface area contributed by atoms with Gasteiger partial charge < -0.3 is 5.11 Å². The predicted molar refractivity (Wildman–Crippen MR) is 130 cm³/mol. The summed E-state index contributed by atoms with van der Waals surface area (Å²) >= 11 is 0.0612. The second-order valence-corrected chi connectivity index (χ2v) is 9.78. The van der Waals surface area contributed by atoms with E-state index in [-0.39, 0.29) is 22.6 Å². The van der Waals surface area contributed by atoms with E-state index in [9.17, 15) is 22.4 Å². The molecule has 34 heavy (non-hydrogen) atoms. The molecule has 0 bridgehead atoms. The summed E-state index contributed by atoms with van der Waals surface area (Å²) in [6, 6.07) is 11.1. The van der Waals surface area contributed by atoms with Crippen LogP contribution in [-0.2, 0) is 0 Å². The first-order valence-corrected chi connectivity index (χ1v) is 12.9. The molecule has 0 atom stereocenters. The van der Waals surface area contributed by atoms with Crippen LogP contribution in [0.2, 0.25) is 0 Å². The molecule has 0 spiro atoms. The average molecular weight is 499 g/mol. The molecule has 2 aromatic rings. The number of aromatic carboxylic acids is 1. The normalized spacial score (nSPS) is 17.8. The lowest BCUT2D eigenvalue weighted by molar-refractivity contribution is 0.0697. The summed E-state index contributed by atoms with van der Waals surface area (Å²) in [6.45, 7) is 2.21. The Morgan fingerprint density at radius 1 is 0.941 bits per heavy atom. The smallest absolute Gasteiger partial charge is 0.335 e. The number of alkyl halides is 2. The molecule has 2 aromatic carbocycles. The average Bonchev–Trinajstić information content (AvgIpc) is 2.83. The Bertz CT molecular complexity index is 868. The molecular formula is C27H34F4O2S. The van der Waals surface area contributed by atoms with Gasteiger partial charge in [0.25, 0.3) is 5.76 Å². The van der Waals surface area contributed by atoms with Gasteiger partial charge in [-0.3, -0.25) is 0 Å². The van der Waals surface area contributed by atoms with E-state index >= 15 is 0 Å². The Morgan fingerprint density at radius 3 is 2.15 bits per heavy atom. The first-order chi connectivity index (χ1) is 16.3. The van der Waals surface area contributed by atoms with Crippen LogP contribution in [0.4, 0.5) is 17.6 Å². The molecular weight excluding hydrogens is 464 g/mol. The molecule has 1 saturated carbocycles. The summed E-state index contributed by atoms with van der Waals surface area (Å²) in [4.78, 5) is 9.89. The Morgan fingerprint density at radius 2 is 1.59 bits per heavy atom. The second-order valence-electron chi connectivity index (χ2n) is 8.75. The number of rotatable bonds is 10. The molecule has 3 rings (SSSR count). The van der Waals surface area contributed by atoms with Crippen molar-refractivity contribution >= 4 is 17.7 Å². The minimum absolute atomic E-state index is 0.0106. The van der Waals surface area contributed by atoms with E-state index in [0.717, 1.165) is 25.7 Å². The zero-order chi connectivity index (χ0) is 24.9. The molecule has 0 amide bonds. The Labute approximate surface area is 204 Å². The lowest BCUT2D eigenvalue weighted by Gasteiger charge is -2.29. The van der Waals surface area contributed by atoms with E-state index in [4.69, 9.17) is 5.11 Å². The largest absolute Gasteiger partial charge is 0.478 e. The molecule has 0 aromatic heterocycles. The van der Waals surface area contributed by atoms with Crippen molar-refractivity contribution in [1.82, 2.24) is 0 Å². The highest BCUT2D eigenvalue weighted by atomic mass is 32.2. The van der Waals surface area contributed by atoms with Crippen LogP contribution in [0.25, 0.3) is 0 Å². The number of halogens is 4. The van der Waals surface area contributed by atoms with Crippen LogP contribution < -0.4 is 0 Å². The van der Waals surface area contributed by atoms with Crippen molar-refractivity contribution in [1.29, 1.82) is 0 Å². The molecule has 188 valence electrons. The van der Waals surface area contributed by atoms with Crippen molar-refractivity contribution in [3.63, 3.8) is 0 Å². The van der Waals surface area contributed by atoms with Gasteiger partial charge in [-0.15, -0.1) is 0 Å². The highest BCUT2D eigenvalue weighted by molar-refractivity contribution is 7.99. The SMILES string of the molecule is CCCCCCC[C@H]1CC[C@H](c2ccc(SC(F)F)c(F)c2F)CC1.O=C(O)c1ccccc1. The summed E-state index contributed by atoms with van der Waals surface area (Å²) in [6.07, 6.45) is 11.5. The molecule has 7 heteroatoms. The van der Waals surface area contributed by atoms with Crippen molar-refractivity contribution < 1.29 is 27.5 Å². The molecule has 1 aliphatic carbocycles. The van der Waals surface area contributed by atoms with Crippen molar-refractivity contribution in [2.24, 2.45) is 5.92 Å². The van der Waals surface area contributed by atoms with Crippen LogP contribution in [0.3, 0.4) is 0 Å². The number of carboxylic acid groups (broad SMARTS) is 1. The Kier molecular flexibility index (Phi) is 12.5. The summed E-state index contributed by atoms with van der Waals surface area (Å²) in [5, 5.41) is 8.38. The van der Waals surface area contributed by atoms with Crippen LogP contribution in [0.15, 0.2) is 47.4 Å². The van der Waals surface area contributed by atoms with Gasteiger partial charge in [0.2, 0.25) is 0 Å². The minimum atomic E-state index is -2.74. The van der Waals surface area contributed by atoms with E-state index in [1.807, 2.05) is 0 Å². The quantitative estimate of drug-likeness (QED) is 0.201. The van der Waals surface area contributed by atoms with Crippen molar-refractivity contribution in [3.05, 3.63) is 65.2 Å². The standard InChI is InChI=1S/C20H28F4S.C7H6O2/c1-2-3-4-5-6-7-14-8-10-15(11-9-14)16-12-13-17(25-20(23)24)19(22)18(16)21;8-7(9)6-4-2-1-3-5-6/h12-15,20H,2-11H2,1H3;1-5H,(H,8,9)/t14-,15-;. The number of hydrogen-bond donors (Lipinski definition) is 1. The molecule has 1 N–H and O–H groups in total. The summed E-state index contributed by atoms with van der Waals surface area (Å²) < 4.78 is 53.0. The van der Waals surface area contributed by atoms with Crippen LogP contribution in [0.5, 0.6) is 0 Å². The fourth-order valence-electron chi connectivity index (χ4n) is 4.43. The van der Waals surface area contributed by atoms with Gasteiger partial charge >= 0.3 is 5.97 Å². The van der Waals surface area contributed by atoms with Gasteiger partial charge in [-0.05, 0) is 61.3 Å². The number of benzene rings is 2. The van der Waals surface area contributed by atoms with Crippen LogP contribution >= 0.6 is 11.8 Å². The number of carbonyl (C=O) groups is 1. The molecule has 0 heterocycles. The maximum absolute atomic E-state index is 14.3. The zero-order valence-electron chi connectivity index (χ0n) is 19.6. The van der Waals surface area contributed by atoms with Gasteiger partial charge in [-0.1, -0.05) is 81.5 Å². The highest BCUT2D eigenvalue weighted by Crippen LogP contribution is 2.40. The minimum Gasteiger partial charge on any atom is -0.478 e. The maximum Gasteiger partial charge on any atom is 0.335 e. The third-order valence-electron chi connectivity index (χ3n) is 6.32. The number of carboxylic acids is 1. The second kappa shape index (κ2) is 15.1. The van der Waals surface area contributed by atoms with Gasteiger partial charge in [0.05, 0.1) is 10.5 Å².